The van der Waals surface area contributed by atoms with Crippen LogP contribution in [0.3, 0.4) is 0 Å². The Bertz CT molecular complexity index is 1270. The Kier molecular flexibility index (Phi) is 5.68. The molecule has 2 heterocycles. The number of aliphatic hydroxyl groups is 1. The first kappa shape index (κ1) is 21.9. The molecule has 7 heteroatoms. The summed E-state index contributed by atoms with van der Waals surface area (Å²) in [6, 6.07) is 21.1. The van der Waals surface area contributed by atoms with E-state index >= 15 is 0 Å². The number of likely N-dealkylation sites (N-methyl/N-ethyl adjacent to an activating group) is 1. The number of nitrogens with one attached hydrogen (secondary N) is 1. The molecule has 0 bridgehead atoms. The molecule has 2 amide bonds. The van der Waals surface area contributed by atoms with Crippen LogP contribution in [0.2, 0.25) is 0 Å². The number of aliphatic hydroxyl groups excluding tert-OH is 1. The molecule has 0 aromatic heterocycles. The molecule has 0 saturated carbocycles. The van der Waals surface area contributed by atoms with Crippen molar-refractivity contribution in [3.05, 3.63) is 83.7 Å². The van der Waals surface area contributed by atoms with Gasteiger partial charge >= 0.3 is 6.03 Å². The third-order valence-electron chi connectivity index (χ3n) is 7.07. The second kappa shape index (κ2) is 8.81. The van der Waals surface area contributed by atoms with Gasteiger partial charge in [-0.1, -0.05) is 30.3 Å². The molecule has 1 fully saturated rings. The van der Waals surface area contributed by atoms with Crippen molar-refractivity contribution >= 4 is 17.4 Å². The predicted molar refractivity (Wildman–Crippen MR) is 129 cm³/mol. The first-order chi connectivity index (χ1) is 16.5. The van der Waals surface area contributed by atoms with Crippen LogP contribution in [0.15, 0.2) is 66.7 Å². The summed E-state index contributed by atoms with van der Waals surface area (Å²) in [5, 5.41) is 22.0. The number of nitrogens with zero attached hydrogens (tertiary/aromatic N) is 3. The minimum Gasteiger partial charge on any atom is -0.394 e. The Hall–Kier alpha value is -3.89. The highest BCUT2D eigenvalue weighted by molar-refractivity contribution is 5.90. The van der Waals surface area contributed by atoms with Crippen molar-refractivity contribution < 1.29 is 14.3 Å². The van der Waals surface area contributed by atoms with E-state index in [2.05, 4.69) is 22.4 Å². The van der Waals surface area contributed by atoms with Gasteiger partial charge < -0.3 is 20.2 Å². The molecule has 34 heavy (non-hydrogen) atoms. The number of fused-ring (bicyclic) bond motifs is 3. The highest BCUT2D eigenvalue weighted by Gasteiger charge is 2.47. The Balaban J connectivity index is 1.54. The smallest absolute Gasteiger partial charge is 0.322 e. The molecule has 0 unspecified atom stereocenters. The molecule has 172 valence electrons. The van der Waals surface area contributed by atoms with Crippen LogP contribution in [0.5, 0.6) is 0 Å². The molecule has 2 aliphatic rings. The molecule has 3 aromatic rings. The number of nitriles is 1. The van der Waals surface area contributed by atoms with Crippen molar-refractivity contribution in [2.24, 2.45) is 5.92 Å². The van der Waals surface area contributed by atoms with Gasteiger partial charge in [0.05, 0.1) is 36.0 Å². The van der Waals surface area contributed by atoms with Crippen LogP contribution in [0, 0.1) is 23.1 Å². The maximum atomic E-state index is 14.2. The average Bonchev–Trinajstić information content (AvgIpc) is 3.31. The Morgan fingerprint density at radius 3 is 2.59 bits per heavy atom. The second-order valence-electron chi connectivity index (χ2n) is 8.82. The van der Waals surface area contributed by atoms with E-state index in [-0.39, 0.29) is 36.3 Å². The van der Waals surface area contributed by atoms with Crippen LogP contribution in [0.25, 0.3) is 11.1 Å². The summed E-state index contributed by atoms with van der Waals surface area (Å²) >= 11 is 0. The predicted octanol–water partition coefficient (Wildman–Crippen LogP) is 4.77. The molecule has 0 spiro atoms. The number of benzene rings is 3. The van der Waals surface area contributed by atoms with E-state index < -0.39 is 5.82 Å². The number of likely N-dealkylation sites (tertiary alicyclic amines) is 1. The molecule has 3 aromatic carbocycles. The van der Waals surface area contributed by atoms with Crippen molar-refractivity contribution in [3.63, 3.8) is 0 Å². The first-order valence-electron chi connectivity index (χ1n) is 11.3. The van der Waals surface area contributed by atoms with Crippen LogP contribution >= 0.6 is 0 Å². The highest BCUT2D eigenvalue weighted by atomic mass is 19.1. The Labute approximate surface area is 197 Å². The monoisotopic (exact) mass is 456 g/mol. The van der Waals surface area contributed by atoms with Crippen molar-refractivity contribution in [1.29, 1.82) is 5.26 Å². The lowest BCUT2D eigenvalue weighted by Crippen LogP contribution is -2.48. The van der Waals surface area contributed by atoms with Gasteiger partial charge in [-0.05, 0) is 59.5 Å². The van der Waals surface area contributed by atoms with E-state index in [4.69, 9.17) is 5.26 Å². The molecule has 0 aliphatic carbocycles. The summed E-state index contributed by atoms with van der Waals surface area (Å²) in [4.78, 5) is 17.1. The van der Waals surface area contributed by atoms with Gasteiger partial charge in [0.15, 0.2) is 0 Å². The topological polar surface area (TPSA) is 79.6 Å². The third kappa shape index (κ3) is 3.66. The van der Waals surface area contributed by atoms with Crippen LogP contribution in [0.1, 0.15) is 23.6 Å². The van der Waals surface area contributed by atoms with Crippen molar-refractivity contribution in [2.45, 2.75) is 18.5 Å². The SMILES string of the molecule is CN1c2ccc(-c3ccc(C#N)cc3)cc2[C@H]2[C@H](CCN2C(=O)Nc2ccccc2F)[C@@H]1CO. The summed E-state index contributed by atoms with van der Waals surface area (Å²) in [7, 11) is 1.97. The van der Waals surface area contributed by atoms with Gasteiger partial charge in [-0.25, -0.2) is 9.18 Å². The number of para-hydroxylation sites is 1. The van der Waals surface area contributed by atoms with Crippen LogP contribution < -0.4 is 10.2 Å². The van der Waals surface area contributed by atoms with Crippen LogP contribution in [-0.2, 0) is 0 Å². The van der Waals surface area contributed by atoms with Gasteiger partial charge in [-0.3, -0.25) is 0 Å². The number of hydrogen-bond acceptors (Lipinski definition) is 4. The van der Waals surface area contributed by atoms with E-state index in [0.717, 1.165) is 28.8 Å². The number of urea groups is 1. The maximum Gasteiger partial charge on any atom is 0.322 e. The molecule has 3 atom stereocenters. The quantitative estimate of drug-likeness (QED) is 0.595. The zero-order chi connectivity index (χ0) is 23.8. The molecule has 5 rings (SSSR count). The van der Waals surface area contributed by atoms with Crippen molar-refractivity contribution in [1.82, 2.24) is 4.90 Å². The molecule has 1 saturated heterocycles. The van der Waals surface area contributed by atoms with Gasteiger partial charge in [0.25, 0.3) is 0 Å². The zero-order valence-electron chi connectivity index (χ0n) is 18.8. The molecule has 2 aliphatic heterocycles. The minimum absolute atomic E-state index is 0.0166. The number of hydrogen-bond donors (Lipinski definition) is 2. The summed E-state index contributed by atoms with van der Waals surface area (Å²) < 4.78 is 14.2. The lowest BCUT2D eigenvalue weighted by Gasteiger charge is -2.44. The summed E-state index contributed by atoms with van der Waals surface area (Å²) in [5.74, 6) is -0.434. The molecule has 6 nitrogen and oxygen atoms in total. The minimum atomic E-state index is -0.480. The molecule has 0 radical (unpaired) electrons. The van der Waals surface area contributed by atoms with E-state index in [1.54, 1.807) is 35.2 Å². The fraction of sp³-hybridized carbons (Fsp3) is 0.259. The van der Waals surface area contributed by atoms with Crippen LogP contribution in [0.4, 0.5) is 20.6 Å². The largest absolute Gasteiger partial charge is 0.394 e. The number of anilines is 2. The van der Waals surface area contributed by atoms with E-state index in [1.807, 2.05) is 31.3 Å². The second-order valence-corrected chi connectivity index (χ2v) is 8.82. The van der Waals surface area contributed by atoms with E-state index in [1.165, 1.54) is 6.07 Å². The summed E-state index contributed by atoms with van der Waals surface area (Å²) in [5.41, 5.74) is 4.67. The van der Waals surface area contributed by atoms with E-state index in [9.17, 15) is 14.3 Å². The fourth-order valence-corrected chi connectivity index (χ4v) is 5.35. The van der Waals surface area contributed by atoms with E-state index in [0.29, 0.717) is 12.1 Å². The van der Waals surface area contributed by atoms with Gasteiger partial charge in [0, 0.05) is 25.2 Å². The highest BCUT2D eigenvalue weighted by Crippen LogP contribution is 2.49. The lowest BCUT2D eigenvalue weighted by atomic mass is 9.81. The molecule has 2 N–H and O–H groups in total. The number of rotatable bonds is 3. The number of carbonyl (C=O) groups excluding carboxylic acids is 1. The number of halogens is 1. The van der Waals surface area contributed by atoms with Crippen LogP contribution in [-0.4, -0.2) is 42.3 Å². The Morgan fingerprint density at radius 1 is 1.15 bits per heavy atom. The normalized spacial score (nSPS) is 20.9. The first-order valence-corrected chi connectivity index (χ1v) is 11.3. The fourth-order valence-electron chi connectivity index (χ4n) is 5.35. The zero-order valence-corrected chi connectivity index (χ0v) is 18.8. The summed E-state index contributed by atoms with van der Waals surface area (Å²) in [6.07, 6.45) is 0.742. The van der Waals surface area contributed by atoms with Gasteiger partial charge in [0.1, 0.15) is 5.82 Å². The van der Waals surface area contributed by atoms with Gasteiger partial charge in [0.2, 0.25) is 0 Å². The maximum absolute atomic E-state index is 14.2. The van der Waals surface area contributed by atoms with Gasteiger partial charge in [-0.15, -0.1) is 0 Å². The Morgan fingerprint density at radius 2 is 1.88 bits per heavy atom. The molecular formula is C27H25FN4O2. The van der Waals surface area contributed by atoms with Crippen molar-refractivity contribution in [3.8, 4) is 17.2 Å². The number of amides is 2. The lowest BCUT2D eigenvalue weighted by molar-refractivity contribution is 0.168. The summed E-state index contributed by atoms with van der Waals surface area (Å²) in [6.45, 7) is 0.498. The standard InChI is InChI=1S/C27H25FN4O2/c1-31-24-11-10-19(18-8-6-17(15-29)7-9-18)14-21(24)26-20(25(31)16-33)12-13-32(26)27(34)30-23-5-3-2-4-22(23)28/h2-11,14,20,25-26,33H,12-13,16H2,1H3,(H,30,34)/t20-,25+,26-/m1/s1. The molecular weight excluding hydrogens is 431 g/mol. The van der Waals surface area contributed by atoms with Gasteiger partial charge in [-0.2, -0.15) is 5.26 Å². The van der Waals surface area contributed by atoms with Crippen molar-refractivity contribution in [2.75, 3.05) is 30.4 Å². The third-order valence-corrected chi connectivity index (χ3v) is 7.07. The average molecular weight is 457 g/mol. The number of carbonyl (C=O) groups is 1.